The highest BCUT2D eigenvalue weighted by Crippen LogP contribution is 2.43. The van der Waals surface area contributed by atoms with Crippen LogP contribution in [0.3, 0.4) is 0 Å². The Balaban J connectivity index is 2.55. The van der Waals surface area contributed by atoms with Crippen molar-refractivity contribution in [2.24, 2.45) is 0 Å². The normalized spacial score (nSPS) is 15.5. The van der Waals surface area contributed by atoms with Crippen LogP contribution in [-0.2, 0) is 9.47 Å². The molecule has 0 spiro atoms. The summed E-state index contributed by atoms with van der Waals surface area (Å²) in [5, 5.41) is 0.328. The van der Waals surface area contributed by atoms with Crippen LogP contribution in [0, 0.1) is 0 Å². The number of nitrogen functional groups attached to an aromatic ring is 1. The van der Waals surface area contributed by atoms with Crippen LogP contribution in [0.25, 0.3) is 0 Å². The van der Waals surface area contributed by atoms with E-state index in [2.05, 4.69) is 0 Å². The first-order chi connectivity index (χ1) is 9.10. The molecule has 1 aromatic rings. The van der Waals surface area contributed by atoms with E-state index in [0.29, 0.717) is 15.4 Å². The summed E-state index contributed by atoms with van der Waals surface area (Å²) in [5.41, 5.74) is 6.96. The van der Waals surface area contributed by atoms with Crippen LogP contribution in [-0.4, -0.2) is 26.2 Å². The van der Waals surface area contributed by atoms with Gasteiger partial charge in [0.2, 0.25) is 0 Å². The van der Waals surface area contributed by atoms with Gasteiger partial charge in [0.05, 0.1) is 19.8 Å². The van der Waals surface area contributed by atoms with E-state index in [-0.39, 0.29) is 5.92 Å². The SMILES string of the molecule is COC(=O)c1sc(N)c(C(=O)OC)c1C1CCCC1. The Morgan fingerprint density at radius 2 is 1.74 bits per heavy atom. The summed E-state index contributed by atoms with van der Waals surface area (Å²) in [7, 11) is 2.64. The van der Waals surface area contributed by atoms with Crippen LogP contribution in [0.15, 0.2) is 0 Å². The van der Waals surface area contributed by atoms with Crippen LogP contribution in [0.1, 0.15) is 57.2 Å². The smallest absolute Gasteiger partial charge is 0.348 e. The van der Waals surface area contributed by atoms with E-state index < -0.39 is 11.9 Å². The highest BCUT2D eigenvalue weighted by atomic mass is 32.1. The molecular weight excluding hydrogens is 266 g/mol. The third-order valence-corrected chi connectivity index (χ3v) is 4.51. The van der Waals surface area contributed by atoms with Gasteiger partial charge >= 0.3 is 11.9 Å². The van der Waals surface area contributed by atoms with Crippen molar-refractivity contribution >= 4 is 28.3 Å². The predicted molar refractivity (Wildman–Crippen MR) is 72.6 cm³/mol. The van der Waals surface area contributed by atoms with Crippen molar-refractivity contribution in [3.05, 3.63) is 16.0 Å². The molecule has 0 unspecified atom stereocenters. The lowest BCUT2D eigenvalue weighted by atomic mass is 9.93. The lowest BCUT2D eigenvalue weighted by Crippen LogP contribution is -2.11. The lowest BCUT2D eigenvalue weighted by Gasteiger charge is -2.12. The number of esters is 2. The van der Waals surface area contributed by atoms with E-state index in [1.807, 2.05) is 0 Å². The van der Waals surface area contributed by atoms with Gasteiger partial charge in [0.1, 0.15) is 9.88 Å². The second-order valence-electron chi connectivity index (χ2n) is 4.55. The molecule has 0 radical (unpaired) electrons. The lowest BCUT2D eigenvalue weighted by molar-refractivity contribution is 0.0600. The summed E-state index contributed by atoms with van der Waals surface area (Å²) in [4.78, 5) is 24.2. The van der Waals surface area contributed by atoms with E-state index in [9.17, 15) is 9.59 Å². The number of nitrogens with two attached hydrogens (primary N) is 1. The standard InChI is InChI=1S/C13H17NO4S/c1-17-12(15)9-8(7-5-3-4-6-7)10(13(16)18-2)19-11(9)14/h7H,3-6,14H2,1-2H3. The molecule has 6 heteroatoms. The van der Waals surface area contributed by atoms with E-state index >= 15 is 0 Å². The van der Waals surface area contributed by atoms with Crippen LogP contribution in [0.5, 0.6) is 0 Å². The summed E-state index contributed by atoms with van der Waals surface area (Å²) < 4.78 is 9.56. The highest BCUT2D eigenvalue weighted by molar-refractivity contribution is 7.18. The first-order valence-electron chi connectivity index (χ1n) is 6.19. The van der Waals surface area contributed by atoms with E-state index in [1.165, 1.54) is 14.2 Å². The quantitative estimate of drug-likeness (QED) is 0.862. The number of carbonyl (C=O) groups is 2. The van der Waals surface area contributed by atoms with Gasteiger partial charge in [0, 0.05) is 0 Å². The number of carbonyl (C=O) groups excluding carboxylic acids is 2. The Hall–Kier alpha value is -1.56. The molecular formula is C13H17NO4S. The maximum Gasteiger partial charge on any atom is 0.348 e. The van der Waals surface area contributed by atoms with Crippen molar-refractivity contribution in [2.75, 3.05) is 20.0 Å². The van der Waals surface area contributed by atoms with Gasteiger partial charge in [-0.2, -0.15) is 0 Å². The molecule has 1 saturated carbocycles. The van der Waals surface area contributed by atoms with Crippen LogP contribution in [0.4, 0.5) is 5.00 Å². The van der Waals surface area contributed by atoms with Gasteiger partial charge in [0.15, 0.2) is 0 Å². The Morgan fingerprint density at radius 3 is 2.26 bits per heavy atom. The topological polar surface area (TPSA) is 78.6 Å². The molecule has 1 heterocycles. The van der Waals surface area contributed by atoms with Gasteiger partial charge < -0.3 is 15.2 Å². The van der Waals surface area contributed by atoms with Gasteiger partial charge in [-0.3, -0.25) is 0 Å². The molecule has 1 fully saturated rings. The van der Waals surface area contributed by atoms with Crippen molar-refractivity contribution in [1.29, 1.82) is 0 Å². The summed E-state index contributed by atoms with van der Waals surface area (Å²) in [6, 6.07) is 0. The largest absolute Gasteiger partial charge is 0.465 e. The molecule has 2 N–H and O–H groups in total. The number of methoxy groups -OCH3 is 2. The molecule has 0 amide bonds. The molecule has 1 aromatic heterocycles. The van der Waals surface area contributed by atoms with Crippen LogP contribution in [0.2, 0.25) is 0 Å². The van der Waals surface area contributed by atoms with Gasteiger partial charge in [-0.05, 0) is 24.3 Å². The van der Waals surface area contributed by atoms with E-state index in [0.717, 1.165) is 42.6 Å². The zero-order valence-corrected chi connectivity index (χ0v) is 11.8. The minimum Gasteiger partial charge on any atom is -0.465 e. The Kier molecular flexibility index (Phi) is 4.09. The maximum atomic E-state index is 11.9. The molecule has 0 atom stereocenters. The Bertz CT molecular complexity index is 503. The van der Waals surface area contributed by atoms with Crippen molar-refractivity contribution in [3.63, 3.8) is 0 Å². The highest BCUT2D eigenvalue weighted by Gasteiger charge is 2.33. The minimum atomic E-state index is -0.481. The summed E-state index contributed by atoms with van der Waals surface area (Å²) in [5.74, 6) is -0.726. The molecule has 0 aromatic carbocycles. The van der Waals surface area contributed by atoms with Crippen molar-refractivity contribution in [1.82, 2.24) is 0 Å². The molecule has 0 saturated heterocycles. The first-order valence-corrected chi connectivity index (χ1v) is 7.00. The zero-order chi connectivity index (χ0) is 14.0. The Labute approximate surface area is 115 Å². The molecule has 0 aliphatic heterocycles. The first kappa shape index (κ1) is 13.9. The Morgan fingerprint density at radius 1 is 1.16 bits per heavy atom. The number of rotatable bonds is 3. The molecule has 0 bridgehead atoms. The number of anilines is 1. The third kappa shape index (κ3) is 2.45. The average Bonchev–Trinajstić information content (AvgIpc) is 3.03. The fourth-order valence-electron chi connectivity index (χ4n) is 2.62. The predicted octanol–water partition coefficient (Wildman–Crippen LogP) is 2.56. The molecule has 5 nitrogen and oxygen atoms in total. The number of thiophene rings is 1. The van der Waals surface area contributed by atoms with Crippen LogP contribution < -0.4 is 5.73 Å². The molecule has 104 valence electrons. The third-order valence-electron chi connectivity index (χ3n) is 3.50. The fraction of sp³-hybridized carbons (Fsp3) is 0.538. The maximum absolute atomic E-state index is 11.9. The van der Waals surface area contributed by atoms with Gasteiger partial charge in [-0.1, -0.05) is 12.8 Å². The number of ether oxygens (including phenoxy) is 2. The second kappa shape index (κ2) is 5.61. The van der Waals surface area contributed by atoms with E-state index in [1.54, 1.807) is 0 Å². The van der Waals surface area contributed by atoms with E-state index in [4.69, 9.17) is 15.2 Å². The zero-order valence-electron chi connectivity index (χ0n) is 11.0. The molecule has 2 rings (SSSR count). The van der Waals surface area contributed by atoms with Crippen molar-refractivity contribution in [2.45, 2.75) is 31.6 Å². The summed E-state index contributed by atoms with van der Waals surface area (Å²) in [6.07, 6.45) is 4.12. The second-order valence-corrected chi connectivity index (χ2v) is 5.60. The van der Waals surface area contributed by atoms with Crippen LogP contribution >= 0.6 is 11.3 Å². The monoisotopic (exact) mass is 283 g/mol. The fourth-order valence-corrected chi connectivity index (χ4v) is 3.68. The number of hydrogen-bond donors (Lipinski definition) is 1. The molecule has 19 heavy (non-hydrogen) atoms. The average molecular weight is 283 g/mol. The van der Waals surface area contributed by atoms with Crippen molar-refractivity contribution < 1.29 is 19.1 Å². The van der Waals surface area contributed by atoms with Gasteiger partial charge in [-0.25, -0.2) is 9.59 Å². The molecule has 1 aliphatic carbocycles. The summed E-state index contributed by atoms with van der Waals surface area (Å²) in [6.45, 7) is 0. The minimum absolute atomic E-state index is 0.191. The van der Waals surface area contributed by atoms with Crippen molar-refractivity contribution in [3.8, 4) is 0 Å². The van der Waals surface area contributed by atoms with Gasteiger partial charge in [0.25, 0.3) is 0 Å². The summed E-state index contributed by atoms with van der Waals surface area (Å²) >= 11 is 1.11. The number of hydrogen-bond acceptors (Lipinski definition) is 6. The molecule has 1 aliphatic rings. The van der Waals surface area contributed by atoms with Gasteiger partial charge in [-0.15, -0.1) is 11.3 Å².